The molecule has 9 rings (SSSR count). The highest BCUT2D eigenvalue weighted by molar-refractivity contribution is 6.22. The van der Waals surface area contributed by atoms with Gasteiger partial charge in [0, 0.05) is 0 Å². The summed E-state index contributed by atoms with van der Waals surface area (Å²) in [6, 6.07) is 38.7. The molecule has 0 N–H and O–H groups in total. The number of hydrogen-bond donors (Lipinski definition) is 0. The van der Waals surface area contributed by atoms with Crippen LogP contribution in [0.2, 0.25) is 0 Å². The quantitative estimate of drug-likeness (QED) is 0.184. The van der Waals surface area contributed by atoms with Gasteiger partial charge in [0.1, 0.15) is 0 Å². The van der Waals surface area contributed by atoms with Crippen molar-refractivity contribution in [1.82, 2.24) is 0 Å². The molecule has 6 aromatic carbocycles. The van der Waals surface area contributed by atoms with Gasteiger partial charge < -0.3 is 4.74 Å². The summed E-state index contributed by atoms with van der Waals surface area (Å²) in [4.78, 5) is 0. The van der Waals surface area contributed by atoms with Crippen LogP contribution in [0.3, 0.4) is 0 Å². The maximum atomic E-state index is 6.86. The fourth-order valence-corrected chi connectivity index (χ4v) is 8.57. The Kier molecular flexibility index (Phi) is 5.40. The van der Waals surface area contributed by atoms with Crippen molar-refractivity contribution in [3.8, 4) is 33.4 Å². The van der Waals surface area contributed by atoms with E-state index in [0.717, 1.165) is 6.42 Å². The van der Waals surface area contributed by atoms with E-state index in [1.54, 1.807) is 0 Å². The molecule has 208 valence electrons. The van der Waals surface area contributed by atoms with Gasteiger partial charge in [-0.05, 0) is 120 Å². The number of fused-ring (bicyclic) bond motifs is 10. The number of benzene rings is 6. The normalized spacial score (nSPS) is 22.8. The minimum atomic E-state index is 0.137. The zero-order valence-corrected chi connectivity index (χ0v) is 24.9. The molecule has 0 aromatic heterocycles. The zero-order valence-electron chi connectivity index (χ0n) is 24.9. The standard InChI is InChI=1S/C42H34O/c1-4-28-24(2)17-19-31-36(28)21-25(3)35-23-38-41-33(15-10-16-34(41)42(35)43-38)40-30-14-9-8-13-29(30)39(31)32-20-18-27(22-37(32)40)26-11-6-5-7-12-26/h4-22,25,35,38,42H,23H2,1-3H3/b28-4-,36-21+. The average molecular weight is 555 g/mol. The highest BCUT2D eigenvalue weighted by atomic mass is 16.5. The molecule has 1 aliphatic carbocycles. The lowest BCUT2D eigenvalue weighted by molar-refractivity contribution is 0.0562. The Bertz CT molecular complexity index is 2240. The monoisotopic (exact) mass is 554 g/mol. The third-order valence-electron chi connectivity index (χ3n) is 10.5. The van der Waals surface area contributed by atoms with Crippen LogP contribution >= 0.6 is 0 Å². The Balaban J connectivity index is 1.55. The SMILES string of the molecule is C/C=c1/c(C)ccc2/c1=C/C(C)C1CC3OC1c1cccc(c13)-c1c3ccccc3c-2c2ccc(-c3ccccc3)cc12. The molecule has 2 aliphatic heterocycles. The highest BCUT2D eigenvalue weighted by Gasteiger charge is 2.48. The predicted molar refractivity (Wildman–Crippen MR) is 180 cm³/mol. The number of aryl methyl sites for hydroxylation is 1. The summed E-state index contributed by atoms with van der Waals surface area (Å²) in [5, 5.41) is 7.93. The van der Waals surface area contributed by atoms with Crippen molar-refractivity contribution in [2.24, 2.45) is 11.8 Å². The summed E-state index contributed by atoms with van der Waals surface area (Å²) in [6.07, 6.45) is 6.23. The number of ether oxygens (including phenoxy) is 1. The third kappa shape index (κ3) is 3.49. The molecule has 5 bridgehead atoms. The van der Waals surface area contributed by atoms with Crippen LogP contribution in [-0.4, -0.2) is 0 Å². The summed E-state index contributed by atoms with van der Waals surface area (Å²) in [5.41, 5.74) is 12.0. The summed E-state index contributed by atoms with van der Waals surface area (Å²) in [5.74, 6) is 0.848. The first-order chi connectivity index (χ1) is 21.1. The van der Waals surface area contributed by atoms with Crippen LogP contribution in [0.25, 0.3) is 67.1 Å². The largest absolute Gasteiger partial charge is 0.365 e. The van der Waals surface area contributed by atoms with Crippen molar-refractivity contribution in [3.05, 3.63) is 130 Å². The molecule has 0 radical (unpaired) electrons. The van der Waals surface area contributed by atoms with Gasteiger partial charge in [0.25, 0.3) is 0 Å². The summed E-state index contributed by atoms with van der Waals surface area (Å²) in [7, 11) is 0. The van der Waals surface area contributed by atoms with Gasteiger partial charge in [0.15, 0.2) is 0 Å². The van der Waals surface area contributed by atoms with E-state index in [2.05, 4.69) is 136 Å². The second-order valence-electron chi connectivity index (χ2n) is 12.7. The summed E-state index contributed by atoms with van der Waals surface area (Å²) in [6.45, 7) is 6.85. The number of rotatable bonds is 1. The number of hydrogen-bond acceptors (Lipinski definition) is 1. The van der Waals surface area contributed by atoms with E-state index in [4.69, 9.17) is 4.74 Å². The predicted octanol–water partition coefficient (Wildman–Crippen LogP) is 9.67. The molecule has 4 unspecified atom stereocenters. The molecule has 1 fully saturated rings. The molecule has 6 aromatic rings. The fraction of sp³-hybridized carbons (Fsp3) is 0.190. The van der Waals surface area contributed by atoms with E-state index in [9.17, 15) is 0 Å². The van der Waals surface area contributed by atoms with Crippen LogP contribution in [0.4, 0.5) is 0 Å². The molecule has 43 heavy (non-hydrogen) atoms. The van der Waals surface area contributed by atoms with Gasteiger partial charge >= 0.3 is 0 Å². The Labute approximate surface area is 252 Å². The Hall–Kier alpha value is -4.46. The maximum absolute atomic E-state index is 6.86. The molecule has 0 spiro atoms. The van der Waals surface area contributed by atoms with Crippen LogP contribution in [-0.2, 0) is 4.74 Å². The molecule has 0 saturated carbocycles. The lowest BCUT2D eigenvalue weighted by Gasteiger charge is -2.27. The molecule has 1 saturated heterocycles. The van der Waals surface area contributed by atoms with Crippen molar-refractivity contribution in [1.29, 1.82) is 0 Å². The van der Waals surface area contributed by atoms with E-state index in [1.807, 2.05) is 0 Å². The minimum absolute atomic E-state index is 0.137. The van der Waals surface area contributed by atoms with Crippen LogP contribution < -0.4 is 10.4 Å². The first kappa shape index (κ1) is 25.1. The maximum Gasteiger partial charge on any atom is 0.0871 e. The summed E-state index contributed by atoms with van der Waals surface area (Å²) >= 11 is 0. The van der Waals surface area contributed by atoms with Crippen LogP contribution in [0.15, 0.2) is 103 Å². The lowest BCUT2D eigenvalue weighted by atomic mass is 9.75. The minimum Gasteiger partial charge on any atom is -0.365 e. The van der Waals surface area contributed by atoms with Crippen LogP contribution in [0, 0.1) is 18.8 Å². The van der Waals surface area contributed by atoms with Crippen molar-refractivity contribution in [3.63, 3.8) is 0 Å². The van der Waals surface area contributed by atoms with Gasteiger partial charge in [-0.2, -0.15) is 0 Å². The smallest absolute Gasteiger partial charge is 0.0871 e. The van der Waals surface area contributed by atoms with Crippen molar-refractivity contribution >= 4 is 33.7 Å². The van der Waals surface area contributed by atoms with E-state index >= 15 is 0 Å². The summed E-state index contributed by atoms with van der Waals surface area (Å²) < 4.78 is 6.86. The van der Waals surface area contributed by atoms with E-state index in [-0.39, 0.29) is 12.2 Å². The average Bonchev–Trinajstić information content (AvgIpc) is 3.65. The molecule has 1 heteroatoms. The van der Waals surface area contributed by atoms with Crippen molar-refractivity contribution in [2.75, 3.05) is 0 Å². The van der Waals surface area contributed by atoms with Crippen LogP contribution in [0.1, 0.15) is 49.2 Å². The van der Waals surface area contributed by atoms with Gasteiger partial charge in [-0.3, -0.25) is 0 Å². The molecule has 0 amide bonds. The topological polar surface area (TPSA) is 9.23 Å². The van der Waals surface area contributed by atoms with Gasteiger partial charge in [-0.25, -0.2) is 0 Å². The van der Waals surface area contributed by atoms with Gasteiger partial charge in [-0.1, -0.05) is 116 Å². The highest BCUT2D eigenvalue weighted by Crippen LogP contribution is 2.59. The second kappa shape index (κ2) is 9.27. The van der Waals surface area contributed by atoms with E-state index in [0.29, 0.717) is 11.8 Å². The van der Waals surface area contributed by atoms with Gasteiger partial charge in [-0.15, -0.1) is 0 Å². The second-order valence-corrected chi connectivity index (χ2v) is 12.7. The molecular formula is C42H34O. The molecule has 1 nitrogen and oxygen atoms in total. The Morgan fingerprint density at radius 1 is 0.698 bits per heavy atom. The third-order valence-corrected chi connectivity index (χ3v) is 10.5. The fourth-order valence-electron chi connectivity index (χ4n) is 8.57. The molecule has 3 aliphatic rings. The Morgan fingerprint density at radius 3 is 2.23 bits per heavy atom. The first-order valence-electron chi connectivity index (χ1n) is 15.7. The Morgan fingerprint density at radius 2 is 1.44 bits per heavy atom. The van der Waals surface area contributed by atoms with Gasteiger partial charge in [0.2, 0.25) is 0 Å². The van der Waals surface area contributed by atoms with E-state index in [1.165, 1.54) is 82.1 Å². The van der Waals surface area contributed by atoms with Gasteiger partial charge in [0.05, 0.1) is 12.2 Å². The molecule has 2 heterocycles. The lowest BCUT2D eigenvalue weighted by Crippen LogP contribution is -2.31. The first-order valence-corrected chi connectivity index (χ1v) is 15.7. The van der Waals surface area contributed by atoms with Crippen LogP contribution in [0.5, 0.6) is 0 Å². The molecular weight excluding hydrogens is 520 g/mol. The van der Waals surface area contributed by atoms with Crippen molar-refractivity contribution in [2.45, 2.75) is 39.4 Å². The zero-order chi connectivity index (χ0) is 28.8. The van der Waals surface area contributed by atoms with Crippen molar-refractivity contribution < 1.29 is 4.74 Å². The van der Waals surface area contributed by atoms with E-state index < -0.39 is 0 Å². The molecule has 4 atom stereocenters.